The molecule has 0 bridgehead atoms. The highest BCUT2D eigenvalue weighted by Crippen LogP contribution is 2.45. The van der Waals surface area contributed by atoms with Crippen LogP contribution in [-0.4, -0.2) is 35.5 Å². The molecule has 39 heavy (non-hydrogen) atoms. The molecule has 2 aromatic rings. The molecule has 0 atom stereocenters. The van der Waals surface area contributed by atoms with Gasteiger partial charge in [-0.2, -0.15) is 0 Å². The van der Waals surface area contributed by atoms with Crippen LogP contribution in [0.15, 0.2) is 36.4 Å². The first kappa shape index (κ1) is 29.0. The van der Waals surface area contributed by atoms with Gasteiger partial charge >= 0.3 is 5.97 Å². The minimum absolute atomic E-state index is 0.136. The topological polar surface area (TPSA) is 69.6 Å². The summed E-state index contributed by atoms with van der Waals surface area (Å²) in [7, 11) is 0. The molecule has 2 aliphatic rings. The van der Waals surface area contributed by atoms with Crippen LogP contribution in [0.2, 0.25) is 0 Å². The summed E-state index contributed by atoms with van der Waals surface area (Å²) >= 11 is 0. The Morgan fingerprint density at radius 2 is 1.72 bits per heavy atom. The fourth-order valence-electron chi connectivity index (χ4n) is 6.13. The number of halogens is 3. The van der Waals surface area contributed by atoms with Gasteiger partial charge in [0, 0.05) is 25.4 Å². The number of amides is 1. The number of hydrogen-bond acceptors (Lipinski definition) is 3. The minimum atomic E-state index is -2.67. The lowest BCUT2D eigenvalue weighted by Gasteiger charge is -2.40. The van der Waals surface area contributed by atoms with Crippen molar-refractivity contribution in [2.75, 3.05) is 16.8 Å². The Kier molecular flexibility index (Phi) is 8.62. The van der Waals surface area contributed by atoms with E-state index in [-0.39, 0.29) is 36.8 Å². The van der Waals surface area contributed by atoms with Gasteiger partial charge in [0.15, 0.2) is 0 Å². The summed E-state index contributed by atoms with van der Waals surface area (Å²) in [6, 6.07) is 9.97. The standard InChI is InChI=1S/C31H39F3N2O3/c1-20(2)19-36(24-10-14-31(33,34)15-11-24)27-9-8-23(30(29(38)39)12-4-5-13-30)18-26(27)35-28(37)17-22-7-6-21(3)16-25(22)32/h6-9,16,18,20,24H,4-5,10-15,17,19H2,1-3H3,(H,35,37)(H,38,39). The number of anilines is 2. The molecule has 0 saturated heterocycles. The van der Waals surface area contributed by atoms with E-state index >= 15 is 0 Å². The van der Waals surface area contributed by atoms with E-state index in [0.29, 0.717) is 49.2 Å². The van der Waals surface area contributed by atoms with E-state index in [0.717, 1.165) is 18.4 Å². The number of nitrogens with one attached hydrogen (secondary N) is 1. The summed E-state index contributed by atoms with van der Waals surface area (Å²) < 4.78 is 42.5. The molecule has 2 saturated carbocycles. The van der Waals surface area contributed by atoms with Crippen molar-refractivity contribution in [2.24, 2.45) is 5.92 Å². The highest BCUT2D eigenvalue weighted by molar-refractivity contribution is 5.96. The van der Waals surface area contributed by atoms with Gasteiger partial charge in [0.25, 0.3) is 0 Å². The molecule has 0 heterocycles. The summed E-state index contributed by atoms with van der Waals surface area (Å²) in [6.45, 7) is 6.47. The second-order valence-corrected chi connectivity index (χ2v) is 11.8. The first-order chi connectivity index (χ1) is 18.4. The number of nitrogens with zero attached hydrogens (tertiary/aromatic N) is 1. The minimum Gasteiger partial charge on any atom is -0.481 e. The molecule has 1 amide bonds. The van der Waals surface area contributed by atoms with E-state index in [1.54, 1.807) is 25.1 Å². The zero-order chi connectivity index (χ0) is 28.4. The maximum Gasteiger partial charge on any atom is 0.314 e. The van der Waals surface area contributed by atoms with E-state index in [1.165, 1.54) is 6.07 Å². The number of alkyl halides is 2. The molecule has 2 fully saturated rings. The van der Waals surface area contributed by atoms with Crippen molar-refractivity contribution in [1.29, 1.82) is 0 Å². The lowest BCUT2D eigenvalue weighted by molar-refractivity contribution is -0.143. The van der Waals surface area contributed by atoms with Crippen LogP contribution in [0.4, 0.5) is 24.5 Å². The largest absolute Gasteiger partial charge is 0.481 e. The summed E-state index contributed by atoms with van der Waals surface area (Å²) in [5.41, 5.74) is 1.73. The van der Waals surface area contributed by atoms with Gasteiger partial charge in [0.2, 0.25) is 11.8 Å². The highest BCUT2D eigenvalue weighted by atomic mass is 19.3. The number of benzene rings is 2. The second kappa shape index (κ2) is 11.6. The van der Waals surface area contributed by atoms with Crippen molar-refractivity contribution in [3.05, 3.63) is 58.9 Å². The molecule has 8 heteroatoms. The molecule has 0 aromatic heterocycles. The van der Waals surface area contributed by atoms with Crippen LogP contribution in [0.3, 0.4) is 0 Å². The molecular weight excluding hydrogens is 505 g/mol. The number of hydrogen-bond donors (Lipinski definition) is 2. The molecule has 0 spiro atoms. The van der Waals surface area contributed by atoms with Gasteiger partial charge in [-0.05, 0) is 73.4 Å². The van der Waals surface area contributed by atoms with Gasteiger partial charge in [-0.1, -0.05) is 44.9 Å². The van der Waals surface area contributed by atoms with Crippen molar-refractivity contribution >= 4 is 23.3 Å². The molecule has 0 unspecified atom stereocenters. The number of carboxylic acids is 1. The molecule has 4 rings (SSSR count). The molecular formula is C31H39F3N2O3. The Hall–Kier alpha value is -3.03. The van der Waals surface area contributed by atoms with Gasteiger partial charge in [-0.3, -0.25) is 9.59 Å². The number of rotatable bonds is 9. The Labute approximate surface area is 228 Å². The van der Waals surface area contributed by atoms with Crippen LogP contribution < -0.4 is 10.2 Å². The third kappa shape index (κ3) is 6.59. The second-order valence-electron chi connectivity index (χ2n) is 11.8. The van der Waals surface area contributed by atoms with Crippen molar-refractivity contribution in [2.45, 2.75) is 95.9 Å². The average molecular weight is 545 g/mol. The van der Waals surface area contributed by atoms with Gasteiger partial charge < -0.3 is 15.3 Å². The predicted molar refractivity (Wildman–Crippen MR) is 147 cm³/mol. The number of carboxylic acid groups (broad SMARTS) is 1. The third-order valence-corrected chi connectivity index (χ3v) is 8.25. The molecule has 5 nitrogen and oxygen atoms in total. The van der Waals surface area contributed by atoms with Crippen LogP contribution in [0.25, 0.3) is 0 Å². The monoisotopic (exact) mass is 544 g/mol. The van der Waals surface area contributed by atoms with E-state index in [9.17, 15) is 27.9 Å². The Morgan fingerprint density at radius 1 is 1.05 bits per heavy atom. The fraction of sp³-hybridized carbons (Fsp3) is 0.548. The Bertz CT molecular complexity index is 1200. The van der Waals surface area contributed by atoms with E-state index < -0.39 is 29.0 Å². The average Bonchev–Trinajstić information content (AvgIpc) is 3.36. The smallest absolute Gasteiger partial charge is 0.314 e. The van der Waals surface area contributed by atoms with E-state index in [4.69, 9.17) is 0 Å². The zero-order valence-electron chi connectivity index (χ0n) is 23.0. The van der Waals surface area contributed by atoms with Crippen LogP contribution in [0.5, 0.6) is 0 Å². The molecule has 0 radical (unpaired) electrons. The van der Waals surface area contributed by atoms with Crippen LogP contribution >= 0.6 is 0 Å². The molecule has 2 N–H and O–H groups in total. The lowest BCUT2D eigenvalue weighted by Crippen LogP contribution is -2.43. The van der Waals surface area contributed by atoms with Crippen LogP contribution in [0.1, 0.15) is 81.9 Å². The SMILES string of the molecule is Cc1ccc(CC(=O)Nc2cc(C3(C(=O)O)CCCC3)ccc2N(CC(C)C)C2CCC(F)(F)CC2)c(F)c1. The quantitative estimate of drug-likeness (QED) is 0.349. The van der Waals surface area contributed by atoms with Gasteiger partial charge in [-0.15, -0.1) is 0 Å². The molecule has 0 aliphatic heterocycles. The first-order valence-corrected chi connectivity index (χ1v) is 14.0. The Balaban J connectivity index is 1.72. The maximum absolute atomic E-state index is 14.5. The van der Waals surface area contributed by atoms with Crippen molar-refractivity contribution in [1.82, 2.24) is 0 Å². The normalized spacial score (nSPS) is 18.7. The molecule has 2 aliphatic carbocycles. The van der Waals surface area contributed by atoms with Crippen molar-refractivity contribution in [3.8, 4) is 0 Å². The van der Waals surface area contributed by atoms with Gasteiger partial charge in [0.05, 0.1) is 23.2 Å². The summed E-state index contributed by atoms with van der Waals surface area (Å²) in [6.07, 6.45) is 2.71. The van der Waals surface area contributed by atoms with Crippen LogP contribution in [-0.2, 0) is 21.4 Å². The molecule has 2 aromatic carbocycles. The number of aryl methyl sites for hydroxylation is 1. The summed E-state index contributed by atoms with van der Waals surface area (Å²) in [5, 5.41) is 13.1. The number of carbonyl (C=O) groups excluding carboxylic acids is 1. The summed E-state index contributed by atoms with van der Waals surface area (Å²) in [4.78, 5) is 27.7. The van der Waals surface area contributed by atoms with Gasteiger partial charge in [-0.25, -0.2) is 13.2 Å². The summed E-state index contributed by atoms with van der Waals surface area (Å²) in [5.74, 6) is -4.22. The van der Waals surface area contributed by atoms with Crippen LogP contribution in [0, 0.1) is 18.7 Å². The van der Waals surface area contributed by atoms with Crippen molar-refractivity contribution < 1.29 is 27.9 Å². The maximum atomic E-state index is 14.5. The molecule has 212 valence electrons. The fourth-order valence-corrected chi connectivity index (χ4v) is 6.13. The highest BCUT2D eigenvalue weighted by Gasteiger charge is 2.44. The predicted octanol–water partition coefficient (Wildman–Crippen LogP) is 7.25. The zero-order valence-corrected chi connectivity index (χ0v) is 23.0. The Morgan fingerprint density at radius 3 is 2.31 bits per heavy atom. The number of aliphatic carboxylic acids is 1. The van der Waals surface area contributed by atoms with Crippen molar-refractivity contribution in [3.63, 3.8) is 0 Å². The lowest BCUT2D eigenvalue weighted by atomic mass is 9.78. The number of carbonyl (C=O) groups is 2. The van der Waals surface area contributed by atoms with E-state index in [2.05, 4.69) is 24.1 Å². The third-order valence-electron chi connectivity index (χ3n) is 8.25. The van der Waals surface area contributed by atoms with Gasteiger partial charge in [0.1, 0.15) is 5.82 Å². The van der Waals surface area contributed by atoms with E-state index in [1.807, 2.05) is 12.1 Å². The first-order valence-electron chi connectivity index (χ1n) is 14.0.